The number of hydroxylamine groups is 1. The lowest BCUT2D eigenvalue weighted by Gasteiger charge is -2.14. The van der Waals surface area contributed by atoms with Gasteiger partial charge in [0.25, 0.3) is 0 Å². The van der Waals surface area contributed by atoms with E-state index in [0.717, 1.165) is 5.56 Å². The zero-order valence-electron chi connectivity index (χ0n) is 14.0. The van der Waals surface area contributed by atoms with E-state index in [4.69, 9.17) is 34.8 Å². The number of benzene rings is 2. The van der Waals surface area contributed by atoms with Crippen molar-refractivity contribution < 1.29 is 23.6 Å². The monoisotopic (exact) mass is 433 g/mol. The van der Waals surface area contributed by atoms with E-state index in [1.54, 1.807) is 41.9 Å². The molecule has 0 aromatic heterocycles. The molecule has 1 amide bonds. The summed E-state index contributed by atoms with van der Waals surface area (Å²) in [4.78, 5) is 28.0. The van der Waals surface area contributed by atoms with Crippen LogP contribution in [0, 0.1) is 5.82 Å². The van der Waals surface area contributed by atoms with Crippen molar-refractivity contribution in [2.75, 3.05) is 6.61 Å². The average molecular weight is 435 g/mol. The van der Waals surface area contributed by atoms with Crippen molar-refractivity contribution in [2.24, 2.45) is 0 Å². The number of ether oxygens (including phenoxy) is 1. The van der Waals surface area contributed by atoms with Crippen molar-refractivity contribution in [1.29, 1.82) is 0 Å². The predicted octanol–water partition coefficient (Wildman–Crippen LogP) is 5.15. The molecule has 0 saturated heterocycles. The fourth-order valence-electron chi connectivity index (χ4n) is 2.15. The van der Waals surface area contributed by atoms with Crippen LogP contribution in [0.25, 0.3) is 11.1 Å². The van der Waals surface area contributed by atoms with Gasteiger partial charge >= 0.3 is 12.1 Å². The largest absolute Gasteiger partial charge is 0.443 e. The third-order valence-electron chi connectivity index (χ3n) is 3.53. The molecule has 2 rings (SSSR count). The maximum absolute atomic E-state index is 14.4. The second kappa shape index (κ2) is 9.26. The van der Waals surface area contributed by atoms with Crippen LogP contribution in [-0.4, -0.2) is 22.5 Å². The minimum atomic E-state index is -1.79. The molecule has 0 fully saturated rings. The zero-order valence-corrected chi connectivity index (χ0v) is 16.3. The Kier molecular flexibility index (Phi) is 7.30. The first kappa shape index (κ1) is 21.3. The molecule has 0 aliphatic heterocycles. The van der Waals surface area contributed by atoms with Crippen LogP contribution in [0.1, 0.15) is 18.4 Å². The van der Waals surface area contributed by atoms with Gasteiger partial charge in [-0.05, 0) is 24.1 Å². The molecule has 1 atom stereocenters. The van der Waals surface area contributed by atoms with Gasteiger partial charge in [0.1, 0.15) is 12.4 Å². The molecule has 1 unspecified atom stereocenters. The molecular formula is C18H15Cl3FNO4. The van der Waals surface area contributed by atoms with E-state index < -0.39 is 34.2 Å². The minimum absolute atomic E-state index is 0.383. The van der Waals surface area contributed by atoms with E-state index in [1.807, 2.05) is 6.07 Å². The first-order valence-electron chi connectivity index (χ1n) is 7.72. The van der Waals surface area contributed by atoms with Gasteiger partial charge in [0.2, 0.25) is 3.79 Å². The fraction of sp³-hybridized carbons (Fsp3) is 0.222. The van der Waals surface area contributed by atoms with Crippen molar-refractivity contribution in [2.45, 2.75) is 16.6 Å². The van der Waals surface area contributed by atoms with Crippen molar-refractivity contribution in [3.63, 3.8) is 0 Å². The van der Waals surface area contributed by atoms with E-state index in [1.165, 1.54) is 13.0 Å². The molecule has 1 N–H and O–H groups in total. The van der Waals surface area contributed by atoms with Gasteiger partial charge in [0.05, 0.1) is 5.92 Å². The highest BCUT2D eigenvalue weighted by atomic mass is 35.6. The number of hydrogen-bond acceptors (Lipinski definition) is 4. The van der Waals surface area contributed by atoms with Gasteiger partial charge < -0.3 is 9.57 Å². The summed E-state index contributed by atoms with van der Waals surface area (Å²) in [5.74, 6) is -2.13. The Hall–Kier alpha value is -2.02. The Morgan fingerprint density at radius 1 is 1.15 bits per heavy atom. The number of amides is 1. The predicted molar refractivity (Wildman–Crippen MR) is 101 cm³/mol. The summed E-state index contributed by atoms with van der Waals surface area (Å²) >= 11 is 16.3. The number of carbonyl (C=O) groups is 2. The van der Waals surface area contributed by atoms with Gasteiger partial charge in [-0.25, -0.2) is 14.0 Å². The third-order valence-corrected chi connectivity index (χ3v) is 3.86. The third kappa shape index (κ3) is 6.57. The Morgan fingerprint density at radius 2 is 1.81 bits per heavy atom. The molecule has 2 aromatic carbocycles. The molecule has 144 valence electrons. The minimum Gasteiger partial charge on any atom is -0.443 e. The van der Waals surface area contributed by atoms with Crippen LogP contribution < -0.4 is 5.48 Å². The molecule has 0 spiro atoms. The molecule has 0 saturated carbocycles. The van der Waals surface area contributed by atoms with E-state index in [0.29, 0.717) is 11.1 Å². The second-order valence-electron chi connectivity index (χ2n) is 5.54. The zero-order chi connectivity index (χ0) is 20.0. The Balaban J connectivity index is 1.96. The summed E-state index contributed by atoms with van der Waals surface area (Å²) in [5, 5.41) is 0. The lowest BCUT2D eigenvalue weighted by atomic mass is 9.97. The van der Waals surface area contributed by atoms with E-state index in [2.05, 4.69) is 9.57 Å². The van der Waals surface area contributed by atoms with Gasteiger partial charge in [-0.1, -0.05) is 77.3 Å². The highest BCUT2D eigenvalue weighted by molar-refractivity contribution is 6.67. The molecule has 27 heavy (non-hydrogen) atoms. The van der Waals surface area contributed by atoms with E-state index in [9.17, 15) is 14.0 Å². The summed E-state index contributed by atoms with van der Waals surface area (Å²) in [6, 6.07) is 13.4. The summed E-state index contributed by atoms with van der Waals surface area (Å²) in [6.45, 7) is 0.983. The highest BCUT2D eigenvalue weighted by Crippen LogP contribution is 2.27. The Bertz CT molecular complexity index is 812. The van der Waals surface area contributed by atoms with Crippen molar-refractivity contribution in [3.05, 3.63) is 59.9 Å². The number of alkyl halides is 3. The normalized spacial score (nSPS) is 12.2. The van der Waals surface area contributed by atoms with Crippen LogP contribution in [0.5, 0.6) is 0 Å². The van der Waals surface area contributed by atoms with Crippen molar-refractivity contribution in [3.8, 4) is 11.1 Å². The second-order valence-corrected chi connectivity index (χ2v) is 8.06. The van der Waals surface area contributed by atoms with Crippen molar-refractivity contribution in [1.82, 2.24) is 5.48 Å². The van der Waals surface area contributed by atoms with Gasteiger partial charge in [0.15, 0.2) is 0 Å². The molecule has 0 radical (unpaired) electrons. The van der Waals surface area contributed by atoms with Gasteiger partial charge in [-0.2, -0.15) is 0 Å². The number of hydrogen-bond donors (Lipinski definition) is 1. The SMILES string of the molecule is CC(C(=O)ONC(=O)OCC(Cl)(Cl)Cl)c1ccc(-c2ccccc2)c(F)c1. The van der Waals surface area contributed by atoms with E-state index in [-0.39, 0.29) is 0 Å². The van der Waals surface area contributed by atoms with Crippen LogP contribution in [-0.2, 0) is 14.4 Å². The van der Waals surface area contributed by atoms with Crippen LogP contribution in [0.3, 0.4) is 0 Å². The van der Waals surface area contributed by atoms with Gasteiger partial charge in [-0.3, -0.25) is 0 Å². The first-order chi connectivity index (χ1) is 12.7. The molecule has 2 aromatic rings. The molecule has 9 heteroatoms. The molecule has 0 aliphatic carbocycles. The summed E-state index contributed by atoms with van der Waals surface area (Å²) in [7, 11) is 0. The van der Waals surface area contributed by atoms with E-state index >= 15 is 0 Å². The maximum atomic E-state index is 14.4. The fourth-order valence-corrected chi connectivity index (χ4v) is 2.31. The highest BCUT2D eigenvalue weighted by Gasteiger charge is 2.24. The number of rotatable bonds is 4. The topological polar surface area (TPSA) is 64.6 Å². The summed E-state index contributed by atoms with van der Waals surface area (Å²) in [6.07, 6.45) is -1.10. The Labute approximate surface area is 170 Å². The van der Waals surface area contributed by atoms with Crippen LogP contribution >= 0.6 is 34.8 Å². The van der Waals surface area contributed by atoms with Gasteiger partial charge in [0, 0.05) is 5.56 Å². The molecule has 0 bridgehead atoms. The van der Waals surface area contributed by atoms with Crippen molar-refractivity contribution >= 4 is 46.9 Å². The number of nitrogens with one attached hydrogen (secondary N) is 1. The molecular weight excluding hydrogens is 420 g/mol. The number of halogens is 4. The smallest absolute Gasteiger partial charge is 0.440 e. The molecule has 0 heterocycles. The van der Waals surface area contributed by atoms with Crippen LogP contribution in [0.4, 0.5) is 9.18 Å². The summed E-state index contributed by atoms with van der Waals surface area (Å²) in [5.41, 5.74) is 3.29. The molecule has 0 aliphatic rings. The first-order valence-corrected chi connectivity index (χ1v) is 8.86. The maximum Gasteiger partial charge on any atom is 0.440 e. The van der Waals surface area contributed by atoms with Crippen LogP contribution in [0.15, 0.2) is 48.5 Å². The quantitative estimate of drug-likeness (QED) is 0.534. The average Bonchev–Trinajstić information content (AvgIpc) is 2.63. The number of carbonyl (C=O) groups excluding carboxylic acids is 2. The summed E-state index contributed by atoms with van der Waals surface area (Å²) < 4.78 is 17.2. The van der Waals surface area contributed by atoms with Gasteiger partial charge in [-0.15, -0.1) is 5.48 Å². The standard InChI is InChI=1S/C18H15Cl3FNO4/c1-11(16(24)27-23-17(25)26-10-18(19,20)21)13-7-8-14(15(22)9-13)12-5-3-2-4-6-12/h2-9,11H,10H2,1H3,(H,23,25). The lowest BCUT2D eigenvalue weighted by Crippen LogP contribution is -2.31. The van der Waals surface area contributed by atoms with Crippen LogP contribution in [0.2, 0.25) is 0 Å². The Morgan fingerprint density at radius 3 is 2.41 bits per heavy atom. The molecule has 5 nitrogen and oxygen atoms in total. The lowest BCUT2D eigenvalue weighted by molar-refractivity contribution is -0.151.